The number of nitrogens with zero attached hydrogens (tertiary/aromatic N) is 1. The summed E-state index contributed by atoms with van der Waals surface area (Å²) in [4.78, 5) is 2.53. The van der Waals surface area contributed by atoms with Crippen LogP contribution in [0.3, 0.4) is 0 Å². The predicted octanol–water partition coefficient (Wildman–Crippen LogP) is 3.06. The smallest absolute Gasteiger partial charge is 0.0451 e. The van der Waals surface area contributed by atoms with Gasteiger partial charge in [-0.15, -0.1) is 0 Å². The van der Waals surface area contributed by atoms with Gasteiger partial charge >= 0.3 is 0 Å². The van der Waals surface area contributed by atoms with E-state index in [2.05, 4.69) is 22.3 Å². The van der Waals surface area contributed by atoms with Crippen molar-refractivity contribution in [3.63, 3.8) is 0 Å². The number of rotatable bonds is 4. The molecular formula is C15H21ClN2. The highest BCUT2D eigenvalue weighted by molar-refractivity contribution is 6.31. The predicted molar refractivity (Wildman–Crippen MR) is 75.9 cm³/mol. The van der Waals surface area contributed by atoms with Gasteiger partial charge in [0.1, 0.15) is 0 Å². The summed E-state index contributed by atoms with van der Waals surface area (Å²) >= 11 is 6.23. The first-order chi connectivity index (χ1) is 8.81. The zero-order chi connectivity index (χ0) is 12.4. The van der Waals surface area contributed by atoms with E-state index in [4.69, 9.17) is 11.6 Å². The quantitative estimate of drug-likeness (QED) is 0.899. The summed E-state index contributed by atoms with van der Waals surface area (Å²) in [7, 11) is 0. The molecule has 1 aliphatic heterocycles. The third-order valence-corrected chi connectivity index (χ3v) is 4.27. The highest BCUT2D eigenvalue weighted by atomic mass is 35.5. The standard InChI is InChI=1S/C15H21ClN2/c16-15-6-2-1-4-12(15)10-18-9-3-5-14(11-18)17-13-7-8-13/h1-2,4,6,13-14,17H,3,5,7-11H2. The molecule has 0 bridgehead atoms. The van der Waals surface area contributed by atoms with Crippen LogP contribution in [-0.4, -0.2) is 30.1 Å². The summed E-state index contributed by atoms with van der Waals surface area (Å²) < 4.78 is 0. The molecule has 18 heavy (non-hydrogen) atoms. The second-order valence-corrected chi connectivity index (χ2v) is 6.01. The molecule has 1 aromatic rings. The Balaban J connectivity index is 1.57. The van der Waals surface area contributed by atoms with E-state index in [9.17, 15) is 0 Å². The lowest BCUT2D eigenvalue weighted by Crippen LogP contribution is -2.46. The van der Waals surface area contributed by atoms with Crippen LogP contribution in [0.25, 0.3) is 0 Å². The summed E-state index contributed by atoms with van der Waals surface area (Å²) in [6.45, 7) is 3.36. The zero-order valence-corrected chi connectivity index (χ0v) is 11.5. The van der Waals surface area contributed by atoms with Crippen LogP contribution in [0.4, 0.5) is 0 Å². The number of halogens is 1. The van der Waals surface area contributed by atoms with E-state index in [1.54, 1.807) is 0 Å². The normalized spacial score (nSPS) is 25.3. The molecule has 1 saturated carbocycles. The molecule has 3 rings (SSSR count). The van der Waals surface area contributed by atoms with E-state index in [0.717, 1.165) is 17.6 Å². The molecule has 98 valence electrons. The van der Waals surface area contributed by atoms with E-state index in [1.165, 1.54) is 44.3 Å². The maximum atomic E-state index is 6.23. The fourth-order valence-electron chi connectivity index (χ4n) is 2.79. The molecule has 1 N–H and O–H groups in total. The number of benzene rings is 1. The highest BCUT2D eigenvalue weighted by Crippen LogP contribution is 2.23. The first-order valence-electron chi connectivity index (χ1n) is 7.03. The van der Waals surface area contributed by atoms with Gasteiger partial charge in [0.15, 0.2) is 0 Å². The Kier molecular flexibility index (Phi) is 3.88. The number of piperidine rings is 1. The Hall–Kier alpha value is -0.570. The van der Waals surface area contributed by atoms with Gasteiger partial charge in [0.2, 0.25) is 0 Å². The van der Waals surface area contributed by atoms with Gasteiger partial charge in [-0.3, -0.25) is 4.90 Å². The van der Waals surface area contributed by atoms with Gasteiger partial charge in [0.05, 0.1) is 0 Å². The molecule has 1 heterocycles. The van der Waals surface area contributed by atoms with Crippen LogP contribution >= 0.6 is 11.6 Å². The first kappa shape index (κ1) is 12.5. The lowest BCUT2D eigenvalue weighted by atomic mass is 10.0. The molecule has 0 spiro atoms. The topological polar surface area (TPSA) is 15.3 Å². The van der Waals surface area contributed by atoms with E-state index in [1.807, 2.05) is 12.1 Å². The Labute approximate surface area is 114 Å². The highest BCUT2D eigenvalue weighted by Gasteiger charge is 2.27. The molecule has 0 radical (unpaired) electrons. The minimum absolute atomic E-state index is 0.689. The van der Waals surface area contributed by atoms with Gasteiger partial charge in [0.25, 0.3) is 0 Å². The summed E-state index contributed by atoms with van der Waals surface area (Å²) in [6, 6.07) is 9.70. The Bertz CT molecular complexity index is 403. The maximum absolute atomic E-state index is 6.23. The molecule has 1 aromatic carbocycles. The molecule has 1 aliphatic carbocycles. The third-order valence-electron chi connectivity index (χ3n) is 3.91. The minimum Gasteiger partial charge on any atom is -0.310 e. The van der Waals surface area contributed by atoms with E-state index >= 15 is 0 Å². The molecule has 1 unspecified atom stereocenters. The lowest BCUT2D eigenvalue weighted by Gasteiger charge is -2.33. The van der Waals surface area contributed by atoms with Crippen LogP contribution in [0.2, 0.25) is 5.02 Å². The average molecular weight is 265 g/mol. The molecule has 2 aliphatic rings. The van der Waals surface area contributed by atoms with Crippen molar-refractivity contribution in [2.45, 2.75) is 44.3 Å². The van der Waals surface area contributed by atoms with E-state index in [-0.39, 0.29) is 0 Å². The second-order valence-electron chi connectivity index (χ2n) is 5.61. The van der Waals surface area contributed by atoms with Crippen molar-refractivity contribution in [2.75, 3.05) is 13.1 Å². The monoisotopic (exact) mass is 264 g/mol. The first-order valence-corrected chi connectivity index (χ1v) is 7.41. The number of nitrogens with one attached hydrogen (secondary N) is 1. The molecule has 1 saturated heterocycles. The van der Waals surface area contributed by atoms with Crippen molar-refractivity contribution < 1.29 is 0 Å². The summed E-state index contributed by atoms with van der Waals surface area (Å²) in [6.07, 6.45) is 5.38. The zero-order valence-electron chi connectivity index (χ0n) is 10.7. The molecular weight excluding hydrogens is 244 g/mol. The van der Waals surface area contributed by atoms with Gasteiger partial charge in [-0.1, -0.05) is 29.8 Å². The molecule has 1 atom stereocenters. The SMILES string of the molecule is Clc1ccccc1CN1CCCC(NC2CC2)C1. The van der Waals surface area contributed by atoms with Gasteiger partial charge in [-0.05, 0) is 43.9 Å². The van der Waals surface area contributed by atoms with Crippen LogP contribution in [-0.2, 0) is 6.54 Å². The van der Waals surface area contributed by atoms with Crippen LogP contribution in [0, 0.1) is 0 Å². The van der Waals surface area contributed by atoms with Crippen molar-refractivity contribution in [3.05, 3.63) is 34.9 Å². The van der Waals surface area contributed by atoms with Gasteiger partial charge in [-0.2, -0.15) is 0 Å². The van der Waals surface area contributed by atoms with Crippen LogP contribution in [0.1, 0.15) is 31.2 Å². The summed E-state index contributed by atoms with van der Waals surface area (Å²) in [5, 5.41) is 4.65. The minimum atomic E-state index is 0.689. The van der Waals surface area contributed by atoms with Crippen LogP contribution in [0.5, 0.6) is 0 Å². The fraction of sp³-hybridized carbons (Fsp3) is 0.600. The number of hydrogen-bond donors (Lipinski definition) is 1. The lowest BCUT2D eigenvalue weighted by molar-refractivity contribution is 0.182. The largest absolute Gasteiger partial charge is 0.310 e. The van der Waals surface area contributed by atoms with Crippen molar-refractivity contribution >= 4 is 11.6 Å². The van der Waals surface area contributed by atoms with Gasteiger partial charge in [0, 0.05) is 30.2 Å². The van der Waals surface area contributed by atoms with E-state index in [0.29, 0.717) is 6.04 Å². The number of likely N-dealkylation sites (tertiary alicyclic amines) is 1. The summed E-state index contributed by atoms with van der Waals surface area (Å²) in [5.74, 6) is 0. The van der Waals surface area contributed by atoms with Crippen LogP contribution in [0.15, 0.2) is 24.3 Å². The maximum Gasteiger partial charge on any atom is 0.0451 e. The van der Waals surface area contributed by atoms with Gasteiger partial charge < -0.3 is 5.32 Å². The molecule has 0 amide bonds. The van der Waals surface area contributed by atoms with Gasteiger partial charge in [-0.25, -0.2) is 0 Å². The Morgan fingerprint density at radius 2 is 2.00 bits per heavy atom. The van der Waals surface area contributed by atoms with Crippen molar-refractivity contribution in [1.82, 2.24) is 10.2 Å². The molecule has 0 aromatic heterocycles. The Morgan fingerprint density at radius 1 is 1.17 bits per heavy atom. The molecule has 3 heteroatoms. The van der Waals surface area contributed by atoms with Crippen molar-refractivity contribution in [3.8, 4) is 0 Å². The Morgan fingerprint density at radius 3 is 2.78 bits per heavy atom. The average Bonchev–Trinajstić information content (AvgIpc) is 3.17. The third kappa shape index (κ3) is 3.25. The van der Waals surface area contributed by atoms with Crippen LogP contribution < -0.4 is 5.32 Å². The second kappa shape index (κ2) is 5.60. The molecule has 2 fully saturated rings. The fourth-order valence-corrected chi connectivity index (χ4v) is 2.98. The molecule has 2 nitrogen and oxygen atoms in total. The van der Waals surface area contributed by atoms with E-state index < -0.39 is 0 Å². The van der Waals surface area contributed by atoms with Crippen molar-refractivity contribution in [2.24, 2.45) is 0 Å². The summed E-state index contributed by atoms with van der Waals surface area (Å²) in [5.41, 5.74) is 1.26. The van der Waals surface area contributed by atoms with Crippen molar-refractivity contribution in [1.29, 1.82) is 0 Å². The number of hydrogen-bond acceptors (Lipinski definition) is 2.